The van der Waals surface area contributed by atoms with Crippen molar-refractivity contribution >= 4 is 11.9 Å². The molecule has 0 fully saturated rings. The Labute approximate surface area is 505 Å². The first-order chi connectivity index (χ1) is 40.6. The second kappa shape index (κ2) is 70.3. The minimum Gasteiger partial charge on any atom is -0.462 e. The van der Waals surface area contributed by atoms with Gasteiger partial charge < -0.3 is 14.6 Å². The van der Waals surface area contributed by atoms with Gasteiger partial charge in [0.1, 0.15) is 6.61 Å². The average Bonchev–Trinajstić information content (AvgIpc) is 3.49. The van der Waals surface area contributed by atoms with E-state index < -0.39 is 6.10 Å². The molecule has 0 bridgehead atoms. The number of unbranched alkanes of at least 4 members (excludes halogenated alkanes) is 21. The van der Waals surface area contributed by atoms with Crippen LogP contribution in [0.15, 0.2) is 182 Å². The Balaban J connectivity index is 3.65. The molecule has 5 heteroatoms. The lowest BCUT2D eigenvalue weighted by molar-refractivity contribution is -0.161. The van der Waals surface area contributed by atoms with Gasteiger partial charge >= 0.3 is 11.9 Å². The van der Waals surface area contributed by atoms with E-state index in [2.05, 4.69) is 196 Å². The van der Waals surface area contributed by atoms with Gasteiger partial charge in [-0.25, -0.2) is 0 Å². The first-order valence-electron chi connectivity index (χ1n) is 33.3. The largest absolute Gasteiger partial charge is 0.462 e. The van der Waals surface area contributed by atoms with E-state index in [1.807, 2.05) is 0 Å². The van der Waals surface area contributed by atoms with Crippen molar-refractivity contribution in [2.45, 2.75) is 277 Å². The van der Waals surface area contributed by atoms with E-state index in [-0.39, 0.29) is 25.2 Å². The molecule has 0 aliphatic rings. The number of aliphatic hydroxyl groups excluding tert-OH is 1. The lowest BCUT2D eigenvalue weighted by Crippen LogP contribution is -2.28. The van der Waals surface area contributed by atoms with Gasteiger partial charge in [0.25, 0.3) is 0 Å². The summed E-state index contributed by atoms with van der Waals surface area (Å²) >= 11 is 0. The van der Waals surface area contributed by atoms with Crippen molar-refractivity contribution in [2.24, 2.45) is 0 Å². The number of carbonyl (C=O) groups is 2. The fourth-order valence-electron chi connectivity index (χ4n) is 8.72. The van der Waals surface area contributed by atoms with Gasteiger partial charge in [-0.3, -0.25) is 9.59 Å². The van der Waals surface area contributed by atoms with Crippen molar-refractivity contribution < 1.29 is 24.2 Å². The zero-order valence-electron chi connectivity index (χ0n) is 52.7. The van der Waals surface area contributed by atoms with E-state index in [1.165, 1.54) is 103 Å². The summed E-state index contributed by atoms with van der Waals surface area (Å²) in [6.07, 6.45) is 110. The van der Waals surface area contributed by atoms with Crippen molar-refractivity contribution in [1.29, 1.82) is 0 Å². The second-order valence-corrected chi connectivity index (χ2v) is 21.5. The highest BCUT2D eigenvalue weighted by Crippen LogP contribution is 2.15. The molecule has 82 heavy (non-hydrogen) atoms. The molecule has 0 heterocycles. The normalized spacial score (nSPS) is 13.5. The van der Waals surface area contributed by atoms with Crippen LogP contribution in [0, 0.1) is 0 Å². The summed E-state index contributed by atoms with van der Waals surface area (Å²) in [7, 11) is 0. The monoisotopic (exact) mass is 1130 g/mol. The zero-order valence-corrected chi connectivity index (χ0v) is 52.7. The molecule has 0 aliphatic heterocycles. The predicted octanol–water partition coefficient (Wildman–Crippen LogP) is 23.4. The minimum atomic E-state index is -0.802. The second-order valence-electron chi connectivity index (χ2n) is 21.5. The molecule has 1 N–H and O–H groups in total. The molecule has 0 aromatic heterocycles. The molecule has 1 unspecified atom stereocenters. The molecular formula is C77H122O5. The van der Waals surface area contributed by atoms with E-state index >= 15 is 0 Å². The van der Waals surface area contributed by atoms with Crippen LogP contribution >= 0.6 is 0 Å². The van der Waals surface area contributed by atoms with Gasteiger partial charge in [-0.05, 0) is 141 Å². The van der Waals surface area contributed by atoms with Gasteiger partial charge in [0.2, 0.25) is 0 Å². The van der Waals surface area contributed by atoms with Crippen LogP contribution < -0.4 is 0 Å². The van der Waals surface area contributed by atoms with Crippen LogP contribution in [-0.4, -0.2) is 36.4 Å². The molecule has 5 nitrogen and oxygen atoms in total. The van der Waals surface area contributed by atoms with Crippen LogP contribution in [0.5, 0.6) is 0 Å². The molecule has 460 valence electrons. The minimum absolute atomic E-state index is 0.0879. The Hall–Kier alpha value is -5.00. The fourth-order valence-corrected chi connectivity index (χ4v) is 8.72. The van der Waals surface area contributed by atoms with Gasteiger partial charge in [0, 0.05) is 12.8 Å². The van der Waals surface area contributed by atoms with Crippen molar-refractivity contribution in [1.82, 2.24) is 0 Å². The van der Waals surface area contributed by atoms with Crippen molar-refractivity contribution in [2.75, 3.05) is 13.2 Å². The van der Waals surface area contributed by atoms with Crippen molar-refractivity contribution in [3.63, 3.8) is 0 Å². The topological polar surface area (TPSA) is 72.8 Å². The van der Waals surface area contributed by atoms with Gasteiger partial charge in [-0.15, -0.1) is 0 Å². The Bertz CT molecular complexity index is 1850. The molecule has 1 atom stereocenters. The summed E-state index contributed by atoms with van der Waals surface area (Å²) in [4.78, 5) is 24.6. The standard InChI is InChI=1S/C77H122O5/c1-3-5-7-9-11-13-15-17-19-21-23-25-27-29-31-32-33-34-35-36-37-38-39-40-41-42-43-44-46-48-50-52-54-56-58-60-62-64-66-68-70-72-77(80)82-75(73-78)74-81-76(79)71-69-67-65-63-61-59-57-55-53-51-49-47-45-30-28-26-24-22-20-18-16-14-12-10-8-6-4-2/h5,7,11,13,16-19,22-25,28-31,33-34,36-37,39-40,42-43,46,48,52,54,58,60,75,78H,3-4,6,8-10,12,14-15,20-21,26-27,32,35,38,41,44-45,47,49-51,53,55-57,59,61-74H2,1-2H3/b7-5-,13-11-,18-16-,19-17-,24-22-,25-23-,30-28-,31-29-,34-33-,37-36-,40-39-,43-42-,48-46-,54-52-,60-58-. The molecule has 0 aromatic rings. The molecular weight excluding hydrogens is 1000 g/mol. The highest BCUT2D eigenvalue weighted by molar-refractivity contribution is 5.70. The van der Waals surface area contributed by atoms with E-state index in [0.29, 0.717) is 12.8 Å². The quantitative estimate of drug-likeness (QED) is 0.0373. The predicted molar refractivity (Wildman–Crippen MR) is 361 cm³/mol. The molecule has 0 spiro atoms. The Morgan fingerprint density at radius 3 is 0.793 bits per heavy atom. The number of hydrogen-bond acceptors (Lipinski definition) is 5. The number of aliphatic hydroxyl groups is 1. The van der Waals surface area contributed by atoms with Crippen LogP contribution in [0.4, 0.5) is 0 Å². The number of allylic oxidation sites excluding steroid dienone is 30. The van der Waals surface area contributed by atoms with E-state index in [4.69, 9.17) is 9.47 Å². The van der Waals surface area contributed by atoms with E-state index in [9.17, 15) is 14.7 Å². The number of ether oxygens (including phenoxy) is 2. The number of carbonyl (C=O) groups excluding carboxylic acids is 2. The van der Waals surface area contributed by atoms with Crippen LogP contribution in [0.25, 0.3) is 0 Å². The fraction of sp³-hybridized carbons (Fsp3) is 0.584. The van der Waals surface area contributed by atoms with Crippen molar-refractivity contribution in [3.05, 3.63) is 182 Å². The summed E-state index contributed by atoms with van der Waals surface area (Å²) in [5.74, 6) is -0.630. The van der Waals surface area contributed by atoms with Gasteiger partial charge in [0.15, 0.2) is 6.10 Å². The molecule has 0 rings (SSSR count). The molecule has 0 saturated heterocycles. The highest BCUT2D eigenvalue weighted by atomic mass is 16.6. The maximum Gasteiger partial charge on any atom is 0.306 e. The summed E-state index contributed by atoms with van der Waals surface area (Å²) in [6, 6.07) is 0. The third-order valence-electron chi connectivity index (χ3n) is 13.7. The summed E-state index contributed by atoms with van der Waals surface area (Å²) < 4.78 is 10.7. The first kappa shape index (κ1) is 77.0. The van der Waals surface area contributed by atoms with Gasteiger partial charge in [-0.1, -0.05) is 299 Å². The lowest BCUT2D eigenvalue weighted by atomic mass is 10.0. The summed E-state index contributed by atoms with van der Waals surface area (Å²) in [5, 5.41) is 9.69. The maximum absolute atomic E-state index is 12.3. The maximum atomic E-state index is 12.3. The molecule has 0 aromatic carbocycles. The lowest BCUT2D eigenvalue weighted by Gasteiger charge is -2.15. The van der Waals surface area contributed by atoms with Crippen molar-refractivity contribution in [3.8, 4) is 0 Å². The number of rotatable bonds is 59. The van der Waals surface area contributed by atoms with Crippen LogP contribution in [0.2, 0.25) is 0 Å². The SMILES string of the molecule is CC/C=C\C/C=C\C/C=C\C/C=C\C/C=C\C/C=C\C/C=C\C/C=C\C/C=C\C/C=C\C/C=C\C/C=C\CCCCCCC(=O)OC(CO)COC(=O)CCCCCCCCCCCCCC/C=C\C/C=C\C/C=C\CCCCCCC. The third kappa shape index (κ3) is 67.5. The zero-order chi connectivity index (χ0) is 59.1. The number of hydrogen-bond donors (Lipinski definition) is 1. The highest BCUT2D eigenvalue weighted by Gasteiger charge is 2.16. The molecule has 0 radical (unpaired) electrons. The first-order valence-corrected chi connectivity index (χ1v) is 33.3. The van der Waals surface area contributed by atoms with E-state index in [0.717, 1.165) is 141 Å². The Kier molecular flexibility index (Phi) is 66.0. The summed E-state index contributed by atoms with van der Waals surface area (Å²) in [6.45, 7) is 3.99. The smallest absolute Gasteiger partial charge is 0.306 e. The molecule has 0 saturated carbocycles. The van der Waals surface area contributed by atoms with Crippen LogP contribution in [0.3, 0.4) is 0 Å². The third-order valence-corrected chi connectivity index (χ3v) is 13.7. The van der Waals surface area contributed by atoms with E-state index in [1.54, 1.807) is 0 Å². The Morgan fingerprint density at radius 2 is 0.524 bits per heavy atom. The summed E-state index contributed by atoms with van der Waals surface area (Å²) in [5.41, 5.74) is 0. The van der Waals surface area contributed by atoms with Crippen LogP contribution in [-0.2, 0) is 19.1 Å². The number of esters is 2. The molecule has 0 aliphatic carbocycles. The molecule has 0 amide bonds. The Morgan fingerprint density at radius 1 is 0.293 bits per heavy atom. The van der Waals surface area contributed by atoms with Crippen LogP contribution in [0.1, 0.15) is 271 Å². The van der Waals surface area contributed by atoms with Gasteiger partial charge in [-0.2, -0.15) is 0 Å². The van der Waals surface area contributed by atoms with Gasteiger partial charge in [0.05, 0.1) is 6.61 Å². The average molecular weight is 1130 g/mol.